The second kappa shape index (κ2) is 13.9. The van der Waals surface area contributed by atoms with E-state index in [1.807, 2.05) is 122 Å². The number of amides is 3. The van der Waals surface area contributed by atoms with Gasteiger partial charge in [0.05, 0.1) is 52.1 Å². The van der Waals surface area contributed by atoms with Crippen LogP contribution in [0.2, 0.25) is 0 Å². The molecule has 0 radical (unpaired) electrons. The molecule has 5 heterocycles. The third-order valence-electron chi connectivity index (χ3n) is 13.5. The van der Waals surface area contributed by atoms with E-state index in [1.165, 1.54) is 0 Å². The summed E-state index contributed by atoms with van der Waals surface area (Å²) < 4.78 is 8.87. The van der Waals surface area contributed by atoms with Crippen molar-refractivity contribution < 1.29 is 29.3 Å². The SMILES string of the molecule is C[C@H]1[C@H](C(C)(C)O)[C@@H](CCn2cc(CCO)nn2)O[C@]12C(=O)N(Cc1ccc(N3C(=O)c4cccc5cccc3c45)cc1)c1ccc(N3C(=O)c4cccc5cccc3c45)cc12. The average molecular weight is 825 g/mol. The van der Waals surface area contributed by atoms with E-state index in [2.05, 4.69) is 10.3 Å². The molecule has 7 aromatic rings. The lowest BCUT2D eigenvalue weighted by molar-refractivity contribution is -0.146. The summed E-state index contributed by atoms with van der Waals surface area (Å²) in [5, 5.41) is 33.5. The Kier molecular flexibility index (Phi) is 8.56. The van der Waals surface area contributed by atoms with Crippen LogP contribution in [0, 0.1) is 11.8 Å². The van der Waals surface area contributed by atoms with Gasteiger partial charge in [-0.3, -0.25) is 28.9 Å². The van der Waals surface area contributed by atoms with Crippen LogP contribution in [0.5, 0.6) is 0 Å². The lowest BCUT2D eigenvalue weighted by Crippen LogP contribution is -2.46. The molecule has 4 aliphatic heterocycles. The minimum absolute atomic E-state index is 0.0383. The third kappa shape index (κ3) is 5.53. The van der Waals surface area contributed by atoms with Crippen molar-refractivity contribution in [1.29, 1.82) is 0 Å². The summed E-state index contributed by atoms with van der Waals surface area (Å²) in [6.07, 6.45) is 2.05. The Morgan fingerprint density at radius 3 is 1.97 bits per heavy atom. The summed E-state index contributed by atoms with van der Waals surface area (Å²) in [7, 11) is 0. The number of aliphatic hydroxyl groups excluding tert-OH is 1. The molecule has 62 heavy (non-hydrogen) atoms. The van der Waals surface area contributed by atoms with E-state index in [4.69, 9.17) is 4.74 Å². The molecule has 4 atom stereocenters. The molecule has 0 saturated carbocycles. The molecule has 1 saturated heterocycles. The molecular formula is C50H44N6O6. The maximum Gasteiger partial charge on any atom is 0.264 e. The first-order valence-corrected chi connectivity index (χ1v) is 21.2. The van der Waals surface area contributed by atoms with Crippen molar-refractivity contribution in [2.24, 2.45) is 11.8 Å². The van der Waals surface area contributed by atoms with Crippen molar-refractivity contribution in [3.8, 4) is 0 Å². The summed E-state index contributed by atoms with van der Waals surface area (Å²) in [5.41, 5.74) is 4.31. The van der Waals surface area contributed by atoms with Gasteiger partial charge in [-0.05, 0) is 91.2 Å². The van der Waals surface area contributed by atoms with Gasteiger partial charge in [-0.25, -0.2) is 0 Å². The molecule has 1 fully saturated rings. The number of aliphatic hydroxyl groups is 2. The highest BCUT2D eigenvalue weighted by Crippen LogP contribution is 2.59. The molecule has 2 N–H and O–H groups in total. The van der Waals surface area contributed by atoms with E-state index in [0.29, 0.717) is 53.1 Å². The molecule has 1 aromatic heterocycles. The zero-order valence-electron chi connectivity index (χ0n) is 34.5. The van der Waals surface area contributed by atoms with Crippen molar-refractivity contribution in [1.82, 2.24) is 15.0 Å². The van der Waals surface area contributed by atoms with Gasteiger partial charge in [0.2, 0.25) is 0 Å². The van der Waals surface area contributed by atoms with Crippen LogP contribution in [-0.2, 0) is 34.6 Å². The minimum Gasteiger partial charge on any atom is -0.396 e. The summed E-state index contributed by atoms with van der Waals surface area (Å²) >= 11 is 0. The Balaban J connectivity index is 0.977. The molecule has 0 bridgehead atoms. The molecule has 0 aliphatic carbocycles. The molecule has 0 unspecified atom stereocenters. The number of hydrogen-bond acceptors (Lipinski definition) is 8. The molecule has 4 aliphatic rings. The van der Waals surface area contributed by atoms with E-state index in [9.17, 15) is 19.8 Å². The number of hydrogen-bond donors (Lipinski definition) is 2. The van der Waals surface area contributed by atoms with E-state index in [-0.39, 0.29) is 30.9 Å². The number of nitrogens with zero attached hydrogens (tertiary/aromatic N) is 6. The van der Waals surface area contributed by atoms with Gasteiger partial charge in [0.25, 0.3) is 17.7 Å². The Morgan fingerprint density at radius 2 is 1.35 bits per heavy atom. The van der Waals surface area contributed by atoms with Gasteiger partial charge in [0.15, 0.2) is 5.60 Å². The first-order valence-electron chi connectivity index (χ1n) is 21.2. The topological polar surface area (TPSA) is 141 Å². The smallest absolute Gasteiger partial charge is 0.264 e. The van der Waals surface area contributed by atoms with Crippen LogP contribution in [-0.4, -0.2) is 61.2 Å². The van der Waals surface area contributed by atoms with Gasteiger partial charge >= 0.3 is 0 Å². The zero-order valence-corrected chi connectivity index (χ0v) is 34.5. The largest absolute Gasteiger partial charge is 0.396 e. The van der Waals surface area contributed by atoms with E-state index in [0.717, 1.165) is 44.2 Å². The standard InChI is InChI=1S/C50H44N6O6/c1-29-45(49(2,3)61)42(22-24-53-28-33(23-25-57)51-52-53)62-50(29)38-26-35(56-41-15-7-11-32-9-5-13-37(44(32)41)47(56)59)20-21-39(38)54(48(50)60)27-30-16-18-34(19-17-30)55-40-14-6-10-31-8-4-12-36(43(31)40)46(55)58/h4-21,26,28-29,42,45,57,61H,22-25,27H2,1-3H3/t29-,42+,45-,50+/m0/s1. The van der Waals surface area contributed by atoms with Gasteiger partial charge in [0, 0.05) is 65.3 Å². The molecule has 11 rings (SSSR count). The summed E-state index contributed by atoms with van der Waals surface area (Å²) in [6, 6.07) is 36.8. The maximum atomic E-state index is 15.5. The second-order valence-corrected chi connectivity index (χ2v) is 17.5. The lowest BCUT2D eigenvalue weighted by atomic mass is 9.70. The molecule has 3 amide bonds. The van der Waals surface area contributed by atoms with Crippen LogP contribution < -0.4 is 14.7 Å². The van der Waals surface area contributed by atoms with Crippen LogP contribution in [0.25, 0.3) is 21.5 Å². The number of aryl methyl sites for hydroxylation is 1. The number of aromatic nitrogens is 3. The highest BCUT2D eigenvalue weighted by atomic mass is 16.5. The fraction of sp³-hybridized carbons (Fsp3) is 0.260. The average Bonchev–Trinajstić information content (AvgIpc) is 4.04. The van der Waals surface area contributed by atoms with Gasteiger partial charge in [-0.1, -0.05) is 72.8 Å². The van der Waals surface area contributed by atoms with E-state index < -0.39 is 29.1 Å². The van der Waals surface area contributed by atoms with Gasteiger partial charge in [-0.15, -0.1) is 5.10 Å². The number of rotatable bonds is 10. The molecule has 310 valence electrons. The Labute approximate surface area is 357 Å². The van der Waals surface area contributed by atoms with E-state index >= 15 is 4.79 Å². The Morgan fingerprint density at radius 1 is 0.758 bits per heavy atom. The van der Waals surface area contributed by atoms with Crippen molar-refractivity contribution in [3.05, 3.63) is 149 Å². The second-order valence-electron chi connectivity index (χ2n) is 17.5. The Hall–Kier alpha value is -6.73. The molecule has 12 nitrogen and oxygen atoms in total. The quantitative estimate of drug-likeness (QED) is 0.142. The predicted molar refractivity (Wildman–Crippen MR) is 236 cm³/mol. The first-order chi connectivity index (χ1) is 30.0. The summed E-state index contributed by atoms with van der Waals surface area (Å²) in [4.78, 5) is 48.6. The number of benzene rings is 6. The summed E-state index contributed by atoms with van der Waals surface area (Å²) in [6.45, 7) is 6.10. The highest BCUT2D eigenvalue weighted by Gasteiger charge is 2.66. The Bertz CT molecular complexity index is 3000. The summed E-state index contributed by atoms with van der Waals surface area (Å²) in [5.74, 6) is -1.45. The molecular weight excluding hydrogens is 781 g/mol. The van der Waals surface area contributed by atoms with Crippen molar-refractivity contribution in [2.45, 2.75) is 64.0 Å². The number of anilines is 5. The predicted octanol–water partition coefficient (Wildman–Crippen LogP) is 7.96. The fourth-order valence-electron chi connectivity index (χ4n) is 10.8. The van der Waals surface area contributed by atoms with Gasteiger partial charge in [0.1, 0.15) is 0 Å². The third-order valence-corrected chi connectivity index (χ3v) is 13.5. The number of ether oxygens (including phenoxy) is 1. The fourth-order valence-corrected chi connectivity index (χ4v) is 10.8. The van der Waals surface area contributed by atoms with Crippen LogP contribution >= 0.6 is 0 Å². The molecule has 1 spiro atoms. The van der Waals surface area contributed by atoms with Crippen LogP contribution in [0.4, 0.5) is 28.4 Å². The van der Waals surface area contributed by atoms with Crippen molar-refractivity contribution in [2.75, 3.05) is 21.3 Å². The van der Waals surface area contributed by atoms with Crippen LogP contribution in [0.15, 0.2) is 121 Å². The molecule has 6 aromatic carbocycles. The van der Waals surface area contributed by atoms with Crippen LogP contribution in [0.1, 0.15) is 64.7 Å². The van der Waals surface area contributed by atoms with Crippen molar-refractivity contribution in [3.63, 3.8) is 0 Å². The highest BCUT2D eigenvalue weighted by molar-refractivity contribution is 6.29. The lowest BCUT2D eigenvalue weighted by Gasteiger charge is -2.34. The minimum atomic E-state index is -1.50. The number of carbonyl (C=O) groups excluding carboxylic acids is 3. The normalized spacial score (nSPS) is 21.5. The van der Waals surface area contributed by atoms with Crippen molar-refractivity contribution >= 4 is 67.7 Å². The molecule has 12 heteroatoms. The maximum absolute atomic E-state index is 15.5. The first kappa shape index (κ1) is 38.2. The van der Waals surface area contributed by atoms with Gasteiger partial charge in [-0.2, -0.15) is 0 Å². The van der Waals surface area contributed by atoms with Crippen LogP contribution in [0.3, 0.4) is 0 Å². The van der Waals surface area contributed by atoms with Gasteiger partial charge < -0.3 is 19.8 Å². The monoisotopic (exact) mass is 824 g/mol. The van der Waals surface area contributed by atoms with E-state index in [1.54, 1.807) is 39.4 Å². The number of carbonyl (C=O) groups is 3. The zero-order chi connectivity index (χ0) is 42.7. The number of fused-ring (bicyclic) bond motifs is 2.